The van der Waals surface area contributed by atoms with Crippen LogP contribution < -0.4 is 0 Å². The zero-order valence-corrected chi connectivity index (χ0v) is 26.7. The third-order valence-corrected chi connectivity index (χ3v) is 10.1. The van der Waals surface area contributed by atoms with Crippen LogP contribution in [0.3, 0.4) is 0 Å². The first kappa shape index (κ1) is 27.7. The summed E-state index contributed by atoms with van der Waals surface area (Å²) in [7, 11) is 0. The van der Waals surface area contributed by atoms with Gasteiger partial charge in [0.05, 0.1) is 0 Å². The predicted octanol–water partition coefficient (Wildman–Crippen LogP) is 13.7. The van der Waals surface area contributed by atoms with E-state index in [1.54, 1.807) is 0 Å². The van der Waals surface area contributed by atoms with Gasteiger partial charge in [-0.3, -0.25) is 0 Å². The molecule has 0 fully saturated rings. The smallest absolute Gasteiger partial charge is 0.143 e. The maximum Gasteiger partial charge on any atom is 0.143 e. The molecule has 10 rings (SSSR count). The van der Waals surface area contributed by atoms with E-state index < -0.39 is 0 Å². The number of para-hydroxylation sites is 1. The average Bonchev–Trinajstić information content (AvgIpc) is 3.57. The van der Waals surface area contributed by atoms with Gasteiger partial charge in [0.15, 0.2) is 0 Å². The topological polar surface area (TPSA) is 13.1 Å². The maximum absolute atomic E-state index is 6.83. The monoisotopic (exact) mass is 622 g/mol. The normalized spacial score (nSPS) is 11.7. The molecule has 0 saturated heterocycles. The van der Waals surface area contributed by atoms with Gasteiger partial charge in [-0.05, 0) is 83.4 Å². The molecule has 0 saturated carbocycles. The molecular formula is C48H30O. The molecular weight excluding hydrogens is 593 g/mol. The van der Waals surface area contributed by atoms with E-state index in [9.17, 15) is 0 Å². The molecule has 1 aromatic heterocycles. The van der Waals surface area contributed by atoms with Crippen LogP contribution in [0, 0.1) is 0 Å². The summed E-state index contributed by atoms with van der Waals surface area (Å²) in [5.41, 5.74) is 11.4. The maximum atomic E-state index is 6.83. The van der Waals surface area contributed by atoms with Gasteiger partial charge in [-0.25, -0.2) is 0 Å². The molecule has 0 aliphatic heterocycles. The Labute approximate surface area is 284 Å². The minimum Gasteiger partial charge on any atom is -0.455 e. The van der Waals surface area contributed by atoms with Crippen molar-refractivity contribution < 1.29 is 4.42 Å². The summed E-state index contributed by atoms with van der Waals surface area (Å²) in [5, 5.41) is 9.63. The quantitative estimate of drug-likeness (QED) is 0.178. The Bertz CT molecular complexity index is 2810. The highest BCUT2D eigenvalue weighted by Gasteiger charge is 2.23. The van der Waals surface area contributed by atoms with Gasteiger partial charge in [0, 0.05) is 16.3 Å². The van der Waals surface area contributed by atoms with Gasteiger partial charge in [0.1, 0.15) is 11.2 Å². The number of hydrogen-bond acceptors (Lipinski definition) is 1. The SMILES string of the molecule is c1ccc(-c2ccccc2-c2c3ccccc3c(-c3ccc(-c4cccc5ccccc45)c4oc5ccccc5c34)c3ccccc23)cc1. The Morgan fingerprint density at radius 1 is 0.286 bits per heavy atom. The molecule has 9 aromatic carbocycles. The molecule has 10 aromatic rings. The Kier molecular flexibility index (Phi) is 6.25. The van der Waals surface area contributed by atoms with E-state index in [1.807, 2.05) is 0 Å². The molecule has 0 spiro atoms. The predicted molar refractivity (Wildman–Crippen MR) is 208 cm³/mol. The van der Waals surface area contributed by atoms with Crippen LogP contribution in [0.25, 0.3) is 98.8 Å². The van der Waals surface area contributed by atoms with Crippen molar-refractivity contribution in [2.24, 2.45) is 0 Å². The van der Waals surface area contributed by atoms with Crippen LogP contribution in [-0.4, -0.2) is 0 Å². The van der Waals surface area contributed by atoms with Crippen molar-refractivity contribution in [1.29, 1.82) is 0 Å². The largest absolute Gasteiger partial charge is 0.455 e. The van der Waals surface area contributed by atoms with Gasteiger partial charge in [-0.15, -0.1) is 0 Å². The van der Waals surface area contributed by atoms with Gasteiger partial charge < -0.3 is 4.42 Å². The van der Waals surface area contributed by atoms with Crippen LogP contribution in [0.1, 0.15) is 0 Å². The molecule has 1 nitrogen and oxygen atoms in total. The first-order chi connectivity index (χ1) is 24.3. The minimum absolute atomic E-state index is 0.897. The lowest BCUT2D eigenvalue weighted by atomic mass is 9.82. The molecule has 1 heteroatoms. The van der Waals surface area contributed by atoms with Gasteiger partial charge in [0.25, 0.3) is 0 Å². The van der Waals surface area contributed by atoms with Gasteiger partial charge >= 0.3 is 0 Å². The first-order valence-corrected chi connectivity index (χ1v) is 16.9. The fraction of sp³-hybridized carbons (Fsp3) is 0. The molecule has 0 aliphatic carbocycles. The number of rotatable bonds is 4. The van der Waals surface area contributed by atoms with Crippen LogP contribution in [0.5, 0.6) is 0 Å². The Hall–Kier alpha value is -6.44. The fourth-order valence-corrected chi connectivity index (χ4v) is 7.99. The second-order valence-corrected chi connectivity index (χ2v) is 12.7. The van der Waals surface area contributed by atoms with Crippen molar-refractivity contribution in [2.45, 2.75) is 0 Å². The average molecular weight is 623 g/mol. The minimum atomic E-state index is 0.897. The van der Waals surface area contributed by atoms with Crippen molar-refractivity contribution in [1.82, 2.24) is 0 Å². The summed E-state index contributed by atoms with van der Waals surface area (Å²) in [6.45, 7) is 0. The van der Waals surface area contributed by atoms with Gasteiger partial charge in [-0.2, -0.15) is 0 Å². The highest BCUT2D eigenvalue weighted by Crippen LogP contribution is 2.50. The number of fused-ring (bicyclic) bond motifs is 6. The molecule has 228 valence electrons. The molecule has 1 heterocycles. The first-order valence-electron chi connectivity index (χ1n) is 16.9. The van der Waals surface area contributed by atoms with Crippen LogP contribution in [-0.2, 0) is 0 Å². The van der Waals surface area contributed by atoms with E-state index in [4.69, 9.17) is 4.42 Å². The molecule has 49 heavy (non-hydrogen) atoms. The van der Waals surface area contributed by atoms with E-state index in [0.29, 0.717) is 0 Å². The third-order valence-electron chi connectivity index (χ3n) is 10.1. The summed E-state index contributed by atoms with van der Waals surface area (Å²) in [6, 6.07) is 65.6. The summed E-state index contributed by atoms with van der Waals surface area (Å²) in [6.07, 6.45) is 0. The number of benzene rings is 9. The van der Waals surface area contributed by atoms with Crippen molar-refractivity contribution in [3.8, 4) is 44.5 Å². The van der Waals surface area contributed by atoms with E-state index in [-0.39, 0.29) is 0 Å². The molecule has 0 radical (unpaired) electrons. The Balaban J connectivity index is 1.33. The van der Waals surface area contributed by atoms with Crippen molar-refractivity contribution in [3.05, 3.63) is 182 Å². The summed E-state index contributed by atoms with van der Waals surface area (Å²) < 4.78 is 6.83. The Morgan fingerprint density at radius 3 is 1.49 bits per heavy atom. The van der Waals surface area contributed by atoms with Crippen molar-refractivity contribution in [3.63, 3.8) is 0 Å². The van der Waals surface area contributed by atoms with Crippen molar-refractivity contribution >= 4 is 54.3 Å². The lowest BCUT2D eigenvalue weighted by Gasteiger charge is -2.20. The second-order valence-electron chi connectivity index (χ2n) is 12.7. The highest BCUT2D eigenvalue weighted by molar-refractivity contribution is 6.27. The standard InChI is InChI=1S/C48H30O/c1-2-15-31(16-3-1)34-20-6-7-21-36(34)45-37-22-8-10-24-39(37)46(40-25-11-9-23-38(40)45)43-30-29-41(35-27-14-18-32-17-4-5-19-33(32)35)48-47(43)42-26-12-13-28-44(42)49-48/h1-30H. The van der Waals surface area contributed by atoms with Crippen LogP contribution in [0.4, 0.5) is 0 Å². The fourth-order valence-electron chi connectivity index (χ4n) is 7.99. The van der Waals surface area contributed by atoms with Crippen LogP contribution in [0.15, 0.2) is 186 Å². The molecule has 0 unspecified atom stereocenters. The third kappa shape index (κ3) is 4.26. The molecule has 0 amide bonds. The summed E-state index contributed by atoms with van der Waals surface area (Å²) in [4.78, 5) is 0. The lowest BCUT2D eigenvalue weighted by molar-refractivity contribution is 0.670. The van der Waals surface area contributed by atoms with Crippen LogP contribution >= 0.6 is 0 Å². The molecule has 0 aliphatic rings. The summed E-state index contributed by atoms with van der Waals surface area (Å²) in [5.74, 6) is 0. The van der Waals surface area contributed by atoms with E-state index in [1.165, 1.54) is 71.3 Å². The summed E-state index contributed by atoms with van der Waals surface area (Å²) >= 11 is 0. The molecule has 0 atom stereocenters. The zero-order chi connectivity index (χ0) is 32.3. The van der Waals surface area contributed by atoms with Gasteiger partial charge in [0.2, 0.25) is 0 Å². The van der Waals surface area contributed by atoms with E-state index >= 15 is 0 Å². The van der Waals surface area contributed by atoms with E-state index in [0.717, 1.165) is 27.5 Å². The Morgan fingerprint density at radius 2 is 0.776 bits per heavy atom. The highest BCUT2D eigenvalue weighted by atomic mass is 16.3. The lowest BCUT2D eigenvalue weighted by Crippen LogP contribution is -1.93. The van der Waals surface area contributed by atoms with Crippen LogP contribution in [0.2, 0.25) is 0 Å². The molecule has 0 bridgehead atoms. The number of furan rings is 1. The number of hydrogen-bond donors (Lipinski definition) is 0. The van der Waals surface area contributed by atoms with Gasteiger partial charge in [-0.1, -0.05) is 170 Å². The zero-order valence-electron chi connectivity index (χ0n) is 26.7. The second kappa shape index (κ2) is 11.1. The molecule has 0 N–H and O–H groups in total. The van der Waals surface area contributed by atoms with E-state index in [2.05, 4.69) is 182 Å². The van der Waals surface area contributed by atoms with Crippen molar-refractivity contribution in [2.75, 3.05) is 0 Å².